The molecule has 2 aromatic rings. The lowest BCUT2D eigenvalue weighted by molar-refractivity contribution is 0.0944. The van der Waals surface area contributed by atoms with Crippen molar-refractivity contribution in [2.45, 2.75) is 24.8 Å². The second kappa shape index (κ2) is 8.39. The van der Waals surface area contributed by atoms with Gasteiger partial charge < -0.3 is 9.47 Å². The molecule has 2 rings (SSSR count). The van der Waals surface area contributed by atoms with Crippen LogP contribution in [0.5, 0.6) is 11.5 Å². The van der Waals surface area contributed by atoms with Crippen molar-refractivity contribution in [2.75, 3.05) is 7.11 Å². The highest BCUT2D eigenvalue weighted by Gasteiger charge is 2.17. The summed E-state index contributed by atoms with van der Waals surface area (Å²) in [7, 11) is -2.50. The van der Waals surface area contributed by atoms with Crippen LogP contribution in [0.3, 0.4) is 0 Å². The van der Waals surface area contributed by atoms with Crippen molar-refractivity contribution in [1.29, 1.82) is 0 Å². The van der Waals surface area contributed by atoms with Crippen LogP contribution < -0.4 is 19.7 Å². The number of sulfonamides is 1. The number of hydrazine groups is 1. The summed E-state index contributed by atoms with van der Waals surface area (Å²) >= 11 is 5.79. The molecule has 0 fully saturated rings. The van der Waals surface area contributed by atoms with Crippen molar-refractivity contribution in [3.8, 4) is 11.5 Å². The van der Waals surface area contributed by atoms with Gasteiger partial charge in [-0.25, -0.2) is 8.42 Å². The van der Waals surface area contributed by atoms with Crippen LogP contribution in [-0.4, -0.2) is 27.5 Å². The molecule has 0 aliphatic rings. The molecule has 0 heterocycles. The zero-order valence-electron chi connectivity index (χ0n) is 14.4. The predicted molar refractivity (Wildman–Crippen MR) is 98.0 cm³/mol. The quantitative estimate of drug-likeness (QED) is 0.699. The normalized spacial score (nSPS) is 11.3. The van der Waals surface area contributed by atoms with Crippen LogP contribution in [0.1, 0.15) is 24.2 Å². The summed E-state index contributed by atoms with van der Waals surface area (Å²) in [5.41, 5.74) is 2.35. The fourth-order valence-electron chi connectivity index (χ4n) is 2.04. The van der Waals surface area contributed by atoms with Crippen LogP contribution in [-0.2, 0) is 10.0 Å². The Kier molecular flexibility index (Phi) is 6.47. The number of carbonyl (C=O) groups excluding carboxylic acids is 1. The molecular formula is C17H19ClN2O5S. The molecule has 0 saturated heterocycles. The van der Waals surface area contributed by atoms with Crippen LogP contribution in [0.15, 0.2) is 47.4 Å². The minimum absolute atomic E-state index is 0.0620. The van der Waals surface area contributed by atoms with E-state index in [1.807, 2.05) is 18.7 Å². The smallest absolute Gasteiger partial charge is 0.266 e. The first-order valence-electron chi connectivity index (χ1n) is 7.65. The van der Waals surface area contributed by atoms with E-state index in [0.29, 0.717) is 11.5 Å². The zero-order chi connectivity index (χ0) is 19.3. The Morgan fingerprint density at radius 3 is 2.46 bits per heavy atom. The van der Waals surface area contributed by atoms with Gasteiger partial charge in [-0.3, -0.25) is 10.2 Å². The molecule has 2 N–H and O–H groups in total. The number of rotatable bonds is 7. The Balaban J connectivity index is 2.12. The number of hydrogen-bond acceptors (Lipinski definition) is 5. The molecular weight excluding hydrogens is 380 g/mol. The summed E-state index contributed by atoms with van der Waals surface area (Å²) in [5, 5.41) is 0.268. The Hall–Kier alpha value is -2.29. The third-order valence-corrected chi connectivity index (χ3v) is 4.67. The zero-order valence-corrected chi connectivity index (χ0v) is 16.0. The van der Waals surface area contributed by atoms with Crippen LogP contribution in [0.2, 0.25) is 5.02 Å². The Morgan fingerprint density at radius 2 is 1.85 bits per heavy atom. The molecule has 2 aromatic carbocycles. The van der Waals surface area contributed by atoms with Gasteiger partial charge >= 0.3 is 0 Å². The summed E-state index contributed by atoms with van der Waals surface area (Å²) in [6.45, 7) is 3.73. The van der Waals surface area contributed by atoms with Crippen LogP contribution >= 0.6 is 11.6 Å². The molecule has 0 aliphatic heterocycles. The summed E-state index contributed by atoms with van der Waals surface area (Å²) in [6.07, 6.45) is -0.0620. The maximum atomic E-state index is 12.2. The van der Waals surface area contributed by atoms with Gasteiger partial charge in [0.25, 0.3) is 15.9 Å². The highest BCUT2D eigenvalue weighted by molar-refractivity contribution is 7.89. The number of amides is 1. The molecule has 0 spiro atoms. The van der Waals surface area contributed by atoms with Gasteiger partial charge in [-0.1, -0.05) is 17.7 Å². The van der Waals surface area contributed by atoms with Gasteiger partial charge in [0.2, 0.25) is 0 Å². The van der Waals surface area contributed by atoms with Gasteiger partial charge in [0.05, 0.1) is 18.1 Å². The number of halogens is 1. The number of benzene rings is 2. The molecule has 0 bridgehead atoms. The van der Waals surface area contributed by atoms with Gasteiger partial charge in [0.15, 0.2) is 11.5 Å². The van der Waals surface area contributed by atoms with Gasteiger partial charge in [0, 0.05) is 10.6 Å². The van der Waals surface area contributed by atoms with Crippen LogP contribution in [0, 0.1) is 0 Å². The van der Waals surface area contributed by atoms with Gasteiger partial charge in [-0.15, -0.1) is 4.83 Å². The SMILES string of the molecule is COc1cc(C(=O)NNS(=O)(=O)c2cccc(Cl)c2)ccc1OC(C)C. The van der Waals surface area contributed by atoms with Crippen LogP contribution in [0.4, 0.5) is 0 Å². The van der Waals surface area contributed by atoms with E-state index >= 15 is 0 Å². The minimum Gasteiger partial charge on any atom is -0.493 e. The van der Waals surface area contributed by atoms with Crippen molar-refractivity contribution in [3.05, 3.63) is 53.1 Å². The summed E-state index contributed by atoms with van der Waals surface area (Å²) in [5.74, 6) is 0.201. The van der Waals surface area contributed by atoms with Crippen molar-refractivity contribution >= 4 is 27.5 Å². The summed E-state index contributed by atoms with van der Waals surface area (Å²) in [4.78, 5) is 14.2. The molecule has 0 aliphatic carbocycles. The van der Waals surface area contributed by atoms with Crippen LogP contribution in [0.25, 0.3) is 0 Å². The molecule has 0 saturated carbocycles. The summed E-state index contributed by atoms with van der Waals surface area (Å²) < 4.78 is 35.2. The lowest BCUT2D eigenvalue weighted by Crippen LogP contribution is -2.41. The first-order chi connectivity index (χ1) is 12.2. The number of ether oxygens (including phenoxy) is 2. The first kappa shape index (κ1) is 20.0. The molecule has 26 heavy (non-hydrogen) atoms. The lowest BCUT2D eigenvalue weighted by atomic mass is 10.2. The van der Waals surface area contributed by atoms with Crippen molar-refractivity contribution in [3.63, 3.8) is 0 Å². The van der Waals surface area contributed by atoms with Gasteiger partial charge in [0.1, 0.15) is 0 Å². The molecule has 0 unspecified atom stereocenters. The minimum atomic E-state index is -3.95. The number of methoxy groups -OCH3 is 1. The maximum Gasteiger partial charge on any atom is 0.266 e. The Labute approximate surface area is 157 Å². The van der Waals surface area contributed by atoms with E-state index in [1.165, 1.54) is 37.4 Å². The second-order valence-corrected chi connectivity index (χ2v) is 7.67. The third kappa shape index (κ3) is 5.10. The van der Waals surface area contributed by atoms with E-state index in [1.54, 1.807) is 12.1 Å². The molecule has 140 valence electrons. The molecule has 7 nitrogen and oxygen atoms in total. The molecule has 0 atom stereocenters. The topological polar surface area (TPSA) is 93.7 Å². The number of nitrogens with one attached hydrogen (secondary N) is 2. The standard InChI is InChI=1S/C17H19ClN2O5S/c1-11(2)25-15-8-7-12(9-16(15)24-3)17(21)19-20-26(22,23)14-6-4-5-13(18)10-14/h4-11,20H,1-3H3,(H,19,21). The molecule has 1 amide bonds. The predicted octanol–water partition coefficient (Wildman–Crippen LogP) is 2.76. The summed E-state index contributed by atoms with van der Waals surface area (Å²) in [6, 6.07) is 10.2. The van der Waals surface area contributed by atoms with Crippen molar-refractivity contribution < 1.29 is 22.7 Å². The Morgan fingerprint density at radius 1 is 1.12 bits per heavy atom. The van der Waals surface area contributed by atoms with Crippen molar-refractivity contribution in [1.82, 2.24) is 10.3 Å². The fraction of sp³-hybridized carbons (Fsp3) is 0.235. The number of carbonyl (C=O) groups is 1. The molecule has 0 radical (unpaired) electrons. The van der Waals surface area contributed by atoms with E-state index in [-0.39, 0.29) is 21.6 Å². The van der Waals surface area contributed by atoms with E-state index in [9.17, 15) is 13.2 Å². The highest BCUT2D eigenvalue weighted by Crippen LogP contribution is 2.28. The second-order valence-electron chi connectivity index (χ2n) is 5.55. The molecule has 9 heteroatoms. The third-order valence-electron chi connectivity index (χ3n) is 3.19. The Bertz CT molecular complexity index is 900. The van der Waals surface area contributed by atoms with Gasteiger partial charge in [-0.05, 0) is 50.2 Å². The van der Waals surface area contributed by atoms with Crippen molar-refractivity contribution in [2.24, 2.45) is 0 Å². The monoisotopic (exact) mass is 398 g/mol. The van der Waals surface area contributed by atoms with Gasteiger partial charge in [-0.2, -0.15) is 0 Å². The lowest BCUT2D eigenvalue weighted by Gasteiger charge is -2.14. The van der Waals surface area contributed by atoms with E-state index < -0.39 is 15.9 Å². The largest absolute Gasteiger partial charge is 0.493 e. The first-order valence-corrected chi connectivity index (χ1v) is 9.51. The number of hydrogen-bond donors (Lipinski definition) is 2. The molecule has 0 aromatic heterocycles. The average molecular weight is 399 g/mol. The van der Waals surface area contributed by atoms with E-state index in [0.717, 1.165) is 0 Å². The average Bonchev–Trinajstić information content (AvgIpc) is 2.59. The maximum absolute atomic E-state index is 12.2. The van der Waals surface area contributed by atoms with E-state index in [2.05, 4.69) is 5.43 Å². The highest BCUT2D eigenvalue weighted by atomic mass is 35.5. The fourth-order valence-corrected chi connectivity index (χ4v) is 3.18. The van der Waals surface area contributed by atoms with E-state index in [4.69, 9.17) is 21.1 Å².